The number of amides is 2. The molecule has 1 aromatic rings. The number of piperazine rings is 1. The van der Waals surface area contributed by atoms with Crippen LogP contribution < -0.4 is 20.9 Å². The Labute approximate surface area is 177 Å². The lowest BCUT2D eigenvalue weighted by atomic mass is 9.97. The van der Waals surface area contributed by atoms with Crippen molar-refractivity contribution in [2.75, 3.05) is 56.0 Å². The average molecular weight is 411 g/mol. The summed E-state index contributed by atoms with van der Waals surface area (Å²) in [6.07, 6.45) is 3.32. The number of hydrogen-bond acceptors (Lipinski definition) is 7. The first-order chi connectivity index (χ1) is 14.6. The van der Waals surface area contributed by atoms with Crippen molar-refractivity contribution >= 4 is 23.2 Å². The van der Waals surface area contributed by atoms with E-state index in [2.05, 4.69) is 31.8 Å². The van der Waals surface area contributed by atoms with E-state index in [9.17, 15) is 14.9 Å². The van der Waals surface area contributed by atoms with Crippen LogP contribution in [0.2, 0.25) is 0 Å². The molecule has 2 amide bonds. The number of nitrogens with zero attached hydrogens (tertiary/aromatic N) is 3. The van der Waals surface area contributed by atoms with Crippen LogP contribution in [0.15, 0.2) is 18.2 Å². The number of carbonyl (C=O) groups is 2. The smallest absolute Gasteiger partial charge is 0.249 e. The van der Waals surface area contributed by atoms with Crippen LogP contribution in [0, 0.1) is 17.2 Å². The van der Waals surface area contributed by atoms with Crippen molar-refractivity contribution in [1.82, 2.24) is 15.5 Å². The molecule has 0 radical (unpaired) electrons. The number of imide groups is 1. The van der Waals surface area contributed by atoms with Gasteiger partial charge in [0.15, 0.2) is 0 Å². The van der Waals surface area contributed by atoms with Crippen molar-refractivity contribution in [3.63, 3.8) is 0 Å². The standard InChI is InChI=1S/C22H30N6O2/c23-14-17-13-18(25-19-2-4-21(29)26-22(19)30)1-3-20(17)28-11-9-27(10-12-28)15-16-5-7-24-8-6-16/h1,3,13,16,19,24-25H,2,4-12,15H2,(H,26,29,30). The molecule has 3 N–H and O–H groups in total. The fraction of sp³-hybridized carbons (Fsp3) is 0.591. The molecule has 1 aromatic carbocycles. The third kappa shape index (κ3) is 4.91. The quantitative estimate of drug-likeness (QED) is 0.620. The molecule has 3 heterocycles. The van der Waals surface area contributed by atoms with Gasteiger partial charge in [-0.2, -0.15) is 5.26 Å². The largest absolute Gasteiger partial charge is 0.374 e. The van der Waals surface area contributed by atoms with Crippen molar-refractivity contribution in [2.45, 2.75) is 31.7 Å². The Morgan fingerprint density at radius 1 is 1.10 bits per heavy atom. The van der Waals surface area contributed by atoms with Gasteiger partial charge in [-0.15, -0.1) is 0 Å². The van der Waals surface area contributed by atoms with Gasteiger partial charge in [0.25, 0.3) is 0 Å². The van der Waals surface area contributed by atoms with E-state index in [1.807, 2.05) is 12.1 Å². The molecule has 0 aromatic heterocycles. The van der Waals surface area contributed by atoms with Gasteiger partial charge in [0.2, 0.25) is 11.8 Å². The number of benzene rings is 1. The van der Waals surface area contributed by atoms with Gasteiger partial charge in [-0.3, -0.25) is 19.8 Å². The zero-order valence-corrected chi connectivity index (χ0v) is 17.3. The molecule has 8 nitrogen and oxygen atoms in total. The summed E-state index contributed by atoms with van der Waals surface area (Å²) in [6, 6.07) is 7.55. The molecule has 1 unspecified atom stereocenters. The first kappa shape index (κ1) is 20.6. The molecule has 4 rings (SSSR count). The summed E-state index contributed by atoms with van der Waals surface area (Å²) in [5.41, 5.74) is 2.29. The molecule has 3 aliphatic rings. The highest BCUT2D eigenvalue weighted by molar-refractivity contribution is 6.01. The lowest BCUT2D eigenvalue weighted by molar-refractivity contribution is -0.133. The number of nitrogens with one attached hydrogen (secondary N) is 3. The van der Waals surface area contributed by atoms with Crippen molar-refractivity contribution in [3.8, 4) is 6.07 Å². The van der Waals surface area contributed by atoms with Crippen LogP contribution in [-0.4, -0.2) is 68.6 Å². The summed E-state index contributed by atoms with van der Waals surface area (Å²) in [5.74, 6) is 0.259. The topological polar surface area (TPSA) is 100 Å². The van der Waals surface area contributed by atoms with Crippen LogP contribution in [0.5, 0.6) is 0 Å². The Kier molecular flexibility index (Phi) is 6.50. The lowest BCUT2D eigenvalue weighted by Gasteiger charge is -2.38. The first-order valence-corrected chi connectivity index (χ1v) is 10.9. The van der Waals surface area contributed by atoms with Crippen LogP contribution in [0.4, 0.5) is 11.4 Å². The Balaban J connectivity index is 1.35. The minimum Gasteiger partial charge on any atom is -0.374 e. The van der Waals surface area contributed by atoms with Gasteiger partial charge < -0.3 is 15.5 Å². The highest BCUT2D eigenvalue weighted by Gasteiger charge is 2.27. The van der Waals surface area contributed by atoms with E-state index < -0.39 is 6.04 Å². The molecule has 0 aliphatic carbocycles. The lowest BCUT2D eigenvalue weighted by Crippen LogP contribution is -2.49. The van der Waals surface area contributed by atoms with Gasteiger partial charge >= 0.3 is 0 Å². The molecular weight excluding hydrogens is 380 g/mol. The minimum atomic E-state index is -0.446. The summed E-state index contributed by atoms with van der Waals surface area (Å²) in [7, 11) is 0. The Morgan fingerprint density at radius 3 is 2.57 bits per heavy atom. The molecular formula is C22H30N6O2. The summed E-state index contributed by atoms with van der Waals surface area (Å²) >= 11 is 0. The minimum absolute atomic E-state index is 0.231. The predicted molar refractivity (Wildman–Crippen MR) is 115 cm³/mol. The molecule has 3 fully saturated rings. The molecule has 3 aliphatic heterocycles. The van der Waals surface area contributed by atoms with Crippen LogP contribution >= 0.6 is 0 Å². The number of hydrogen-bond donors (Lipinski definition) is 3. The van der Waals surface area contributed by atoms with Crippen molar-refractivity contribution < 1.29 is 9.59 Å². The Morgan fingerprint density at radius 2 is 1.87 bits per heavy atom. The molecule has 1 atom stereocenters. The van der Waals surface area contributed by atoms with Gasteiger partial charge in [0.1, 0.15) is 12.1 Å². The highest BCUT2D eigenvalue weighted by Crippen LogP contribution is 2.26. The van der Waals surface area contributed by atoms with E-state index in [-0.39, 0.29) is 11.8 Å². The second kappa shape index (κ2) is 9.45. The van der Waals surface area contributed by atoms with Gasteiger partial charge in [-0.1, -0.05) is 0 Å². The molecule has 160 valence electrons. The molecule has 8 heteroatoms. The van der Waals surface area contributed by atoms with Crippen LogP contribution in [0.3, 0.4) is 0 Å². The van der Waals surface area contributed by atoms with Gasteiger partial charge in [-0.25, -0.2) is 0 Å². The van der Waals surface area contributed by atoms with Gasteiger partial charge in [0, 0.05) is 44.8 Å². The molecule has 0 bridgehead atoms. The maximum Gasteiger partial charge on any atom is 0.249 e. The van der Waals surface area contributed by atoms with E-state index in [1.54, 1.807) is 6.07 Å². The summed E-state index contributed by atoms with van der Waals surface area (Å²) < 4.78 is 0. The monoisotopic (exact) mass is 410 g/mol. The Hall–Kier alpha value is -2.63. The second-order valence-corrected chi connectivity index (χ2v) is 8.47. The van der Waals surface area contributed by atoms with Crippen molar-refractivity contribution in [3.05, 3.63) is 23.8 Å². The highest BCUT2D eigenvalue weighted by atomic mass is 16.2. The molecule has 0 saturated carbocycles. The molecule has 0 spiro atoms. The zero-order chi connectivity index (χ0) is 20.9. The number of anilines is 2. The number of carbonyl (C=O) groups excluding carboxylic acids is 2. The third-order valence-corrected chi connectivity index (χ3v) is 6.39. The summed E-state index contributed by atoms with van der Waals surface area (Å²) in [4.78, 5) is 28.1. The van der Waals surface area contributed by atoms with E-state index >= 15 is 0 Å². The van der Waals surface area contributed by atoms with E-state index in [0.29, 0.717) is 18.4 Å². The van der Waals surface area contributed by atoms with Gasteiger partial charge in [0.05, 0.1) is 11.3 Å². The van der Waals surface area contributed by atoms with E-state index in [4.69, 9.17) is 0 Å². The fourth-order valence-corrected chi connectivity index (χ4v) is 4.62. The first-order valence-electron chi connectivity index (χ1n) is 10.9. The third-order valence-electron chi connectivity index (χ3n) is 6.39. The second-order valence-electron chi connectivity index (χ2n) is 8.47. The van der Waals surface area contributed by atoms with Crippen molar-refractivity contribution in [1.29, 1.82) is 5.26 Å². The van der Waals surface area contributed by atoms with E-state index in [0.717, 1.165) is 56.6 Å². The molecule has 3 saturated heterocycles. The maximum atomic E-state index is 12.0. The number of rotatable bonds is 5. The Bertz CT molecular complexity index is 821. The number of piperidine rings is 2. The predicted octanol–water partition coefficient (Wildman–Crippen LogP) is 0.897. The van der Waals surface area contributed by atoms with Crippen LogP contribution in [0.25, 0.3) is 0 Å². The zero-order valence-electron chi connectivity index (χ0n) is 17.3. The van der Waals surface area contributed by atoms with Gasteiger partial charge in [-0.05, 0) is 56.5 Å². The van der Waals surface area contributed by atoms with E-state index in [1.165, 1.54) is 19.4 Å². The normalized spacial score (nSPS) is 23.7. The molecule has 30 heavy (non-hydrogen) atoms. The fourth-order valence-electron chi connectivity index (χ4n) is 4.62. The average Bonchev–Trinajstić information content (AvgIpc) is 2.77. The summed E-state index contributed by atoms with van der Waals surface area (Å²) in [5, 5.41) is 18.6. The number of nitriles is 1. The van der Waals surface area contributed by atoms with Crippen LogP contribution in [0.1, 0.15) is 31.2 Å². The van der Waals surface area contributed by atoms with Crippen LogP contribution in [-0.2, 0) is 9.59 Å². The SMILES string of the molecule is N#Cc1cc(NC2CCC(=O)NC2=O)ccc1N1CCN(CC2CCNCC2)CC1. The van der Waals surface area contributed by atoms with Crippen molar-refractivity contribution in [2.24, 2.45) is 5.92 Å². The summed E-state index contributed by atoms with van der Waals surface area (Å²) in [6.45, 7) is 7.31. The maximum absolute atomic E-state index is 12.0.